The van der Waals surface area contributed by atoms with Crippen molar-refractivity contribution < 1.29 is 32.4 Å². The van der Waals surface area contributed by atoms with Crippen LogP contribution in [-0.2, 0) is 29.2 Å². The van der Waals surface area contributed by atoms with E-state index in [9.17, 15) is 32.4 Å². The first kappa shape index (κ1) is 41.1. The van der Waals surface area contributed by atoms with Crippen LogP contribution in [0.4, 0.5) is 4.79 Å². The van der Waals surface area contributed by atoms with Gasteiger partial charge in [0.15, 0.2) is 0 Å². The molecule has 1 aromatic heterocycles. The molecule has 2 fully saturated rings. The van der Waals surface area contributed by atoms with E-state index in [1.54, 1.807) is 18.4 Å². The van der Waals surface area contributed by atoms with Crippen molar-refractivity contribution in [3.05, 3.63) is 30.2 Å². The minimum absolute atomic E-state index is 0.00873. The average molecular weight is 737 g/mol. The quantitative estimate of drug-likeness (QED) is 0.158. The summed E-state index contributed by atoms with van der Waals surface area (Å²) in [6.45, 7) is 21.1. The predicted molar refractivity (Wildman–Crippen MR) is 194 cm³/mol. The van der Waals surface area contributed by atoms with E-state index in [2.05, 4.69) is 27.8 Å². The zero-order chi connectivity index (χ0) is 38.0. The number of carbonyl (C=O) groups is 5. The summed E-state index contributed by atoms with van der Waals surface area (Å²) in [4.78, 5) is 68.6. The molecular weight excluding hydrogens is 681 g/mol. The Morgan fingerprint density at radius 2 is 1.74 bits per heavy atom. The number of likely N-dealkylation sites (N-methyl/N-ethyl adjacent to an activating group) is 1. The topological polar surface area (TPSA) is 174 Å². The van der Waals surface area contributed by atoms with Crippen molar-refractivity contribution >= 4 is 50.9 Å². The van der Waals surface area contributed by atoms with Gasteiger partial charge in [0.2, 0.25) is 17.6 Å². The summed E-state index contributed by atoms with van der Waals surface area (Å²) in [6.07, 6.45) is 2.08. The number of carbonyl (C=O) groups excluding carboxylic acids is 5. The Morgan fingerprint density at radius 3 is 2.26 bits per heavy atom. The zero-order valence-electron chi connectivity index (χ0n) is 31.1. The van der Waals surface area contributed by atoms with Crippen molar-refractivity contribution in [1.29, 1.82) is 0 Å². The fourth-order valence-corrected chi connectivity index (χ4v) is 9.30. The van der Waals surface area contributed by atoms with E-state index < -0.39 is 69.1 Å². The molecule has 3 rings (SSSR count). The number of piperidine rings is 1. The highest BCUT2D eigenvalue weighted by Crippen LogP contribution is 2.65. The number of likely N-dealkylation sites (tertiary alicyclic amines) is 1. The Morgan fingerprint density at radius 1 is 1.10 bits per heavy atom. The third-order valence-electron chi connectivity index (χ3n) is 9.65. The third-order valence-corrected chi connectivity index (χ3v) is 12.8. The number of amides is 5. The molecule has 1 unspecified atom stereocenters. The number of hydrogen-bond donors (Lipinski definition) is 4. The number of rotatable bonds is 15. The van der Waals surface area contributed by atoms with Crippen LogP contribution in [-0.4, -0.2) is 98.0 Å². The van der Waals surface area contributed by atoms with Crippen molar-refractivity contribution in [1.82, 2.24) is 30.5 Å². The molecule has 2 heterocycles. The van der Waals surface area contributed by atoms with Gasteiger partial charge in [-0.3, -0.25) is 19.2 Å². The minimum Gasteiger partial charge on any atom is -0.346 e. The average Bonchev–Trinajstić information content (AvgIpc) is 3.46. The van der Waals surface area contributed by atoms with Crippen LogP contribution < -0.4 is 21.3 Å². The van der Waals surface area contributed by atoms with Crippen LogP contribution in [0, 0.1) is 28.1 Å². The van der Waals surface area contributed by atoms with Crippen molar-refractivity contribution in [2.24, 2.45) is 28.1 Å². The van der Waals surface area contributed by atoms with E-state index in [0.29, 0.717) is 13.0 Å². The molecule has 1 saturated carbocycles. The molecule has 0 spiro atoms. The Balaban J connectivity index is 1.82. The lowest BCUT2D eigenvalue weighted by molar-refractivity contribution is -0.145. The van der Waals surface area contributed by atoms with Crippen LogP contribution in [0.15, 0.2) is 34.4 Å². The van der Waals surface area contributed by atoms with Crippen LogP contribution >= 0.6 is 11.3 Å². The molecular formula is C35H56N6O7S2. The van der Waals surface area contributed by atoms with E-state index in [1.165, 1.54) is 28.4 Å². The molecule has 1 aromatic rings. The fourth-order valence-electron chi connectivity index (χ4n) is 6.88. The lowest BCUT2D eigenvalue weighted by Gasteiger charge is -2.38. The van der Waals surface area contributed by atoms with E-state index in [0.717, 1.165) is 11.3 Å². The molecule has 1 aliphatic carbocycles. The second-order valence-electron chi connectivity index (χ2n) is 16.3. The maximum atomic E-state index is 14.4. The minimum atomic E-state index is -3.77. The first-order chi connectivity index (χ1) is 23.0. The Hall–Kier alpha value is -3.30. The number of nitrogens with zero attached hydrogens (tertiary/aromatic N) is 2. The smallest absolute Gasteiger partial charge is 0.315 e. The van der Waals surface area contributed by atoms with Crippen LogP contribution in [0.3, 0.4) is 0 Å². The largest absolute Gasteiger partial charge is 0.346 e. The molecule has 0 radical (unpaired) electrons. The number of sulfonamides is 1. The normalized spacial score (nSPS) is 21.7. The predicted octanol–water partition coefficient (Wildman–Crippen LogP) is 3.14. The maximum absolute atomic E-state index is 14.4. The van der Waals surface area contributed by atoms with Gasteiger partial charge in [-0.25, -0.2) is 13.2 Å². The third kappa shape index (κ3) is 9.52. The highest BCUT2D eigenvalue weighted by Gasteiger charge is 2.70. The van der Waals surface area contributed by atoms with Crippen LogP contribution in [0.2, 0.25) is 0 Å². The molecule has 15 heteroatoms. The van der Waals surface area contributed by atoms with Crippen LogP contribution in [0.5, 0.6) is 0 Å². The van der Waals surface area contributed by atoms with Crippen LogP contribution in [0.1, 0.15) is 75.2 Å². The van der Waals surface area contributed by atoms with Crippen LogP contribution in [0.25, 0.3) is 0 Å². The summed E-state index contributed by atoms with van der Waals surface area (Å²) < 4.78 is 27.8. The molecule has 5 amide bonds. The summed E-state index contributed by atoms with van der Waals surface area (Å²) in [7, 11) is -2.30. The Bertz CT molecular complexity index is 1550. The lowest BCUT2D eigenvalue weighted by Crippen LogP contribution is -2.62. The second kappa shape index (κ2) is 15.5. The highest BCUT2D eigenvalue weighted by atomic mass is 32.2. The number of hydrogen-bond acceptors (Lipinski definition) is 8. The number of ketones is 1. The first-order valence-electron chi connectivity index (χ1n) is 17.1. The molecule has 0 aromatic carbocycles. The summed E-state index contributed by atoms with van der Waals surface area (Å²) in [5.41, 5.74) is -1.26. The standard InChI is InChI=1S/C35H56N6O7S2/c1-12-16-36-30(44)27(42)23(13-2)38-29(43)26-25-22(35(25,9)10)20-41(26)31(45)28(34(6,7)8)39-32(46)37-21(18-33(3,4)5)19-40(11)50(47,48)24-15-14-17-49-24/h12,14-15,17,21-23,25-26,28H,1,13,16,18-20H2,2-11H3,(H,36,44)(H,38,43)(H2,37,39,46)/t21-,22-,23?,25-,26-,28+/m0/s1. The molecule has 6 atom stereocenters. The van der Waals surface area contributed by atoms with Gasteiger partial charge in [-0.2, -0.15) is 4.31 Å². The lowest BCUT2D eigenvalue weighted by atomic mass is 9.85. The number of urea groups is 1. The van der Waals surface area contributed by atoms with Gasteiger partial charge in [0.25, 0.3) is 15.9 Å². The molecule has 50 heavy (non-hydrogen) atoms. The van der Waals surface area contributed by atoms with Gasteiger partial charge in [0.1, 0.15) is 16.3 Å². The van der Waals surface area contributed by atoms with Crippen molar-refractivity contribution in [3.8, 4) is 0 Å². The fraction of sp³-hybridized carbons (Fsp3) is 0.686. The molecule has 2 aliphatic rings. The SMILES string of the molecule is C=CCNC(=O)C(=O)C(CC)NC(=O)[C@@H]1[C@@H]2[C@H](CN1C(=O)[C@@H](NC(=O)N[C@H](CN(C)S(=O)(=O)c1cccs1)CC(C)(C)C)C(C)(C)C)C2(C)C. The molecule has 0 bridgehead atoms. The highest BCUT2D eigenvalue weighted by molar-refractivity contribution is 7.91. The summed E-state index contributed by atoms with van der Waals surface area (Å²) in [5, 5.41) is 12.6. The number of nitrogens with one attached hydrogen (secondary N) is 4. The van der Waals surface area contributed by atoms with Crippen molar-refractivity contribution in [2.45, 2.75) is 104 Å². The molecule has 280 valence electrons. The van der Waals surface area contributed by atoms with Crippen molar-refractivity contribution in [2.75, 3.05) is 26.7 Å². The van der Waals surface area contributed by atoms with Gasteiger partial charge in [-0.05, 0) is 52.4 Å². The zero-order valence-corrected chi connectivity index (χ0v) is 32.7. The summed E-state index contributed by atoms with van der Waals surface area (Å²) in [6, 6.07) is -1.05. The van der Waals surface area contributed by atoms with Gasteiger partial charge >= 0.3 is 6.03 Å². The number of Topliss-reactive ketones (excluding diaryl/α,β-unsaturated/α-hetero) is 1. The molecule has 1 saturated heterocycles. The van der Waals surface area contributed by atoms with Gasteiger partial charge in [0, 0.05) is 32.7 Å². The number of fused-ring (bicyclic) bond motifs is 1. The molecule has 13 nitrogen and oxygen atoms in total. The van der Waals surface area contributed by atoms with E-state index >= 15 is 0 Å². The Labute approximate surface area is 301 Å². The van der Waals surface area contributed by atoms with E-state index in [4.69, 9.17) is 0 Å². The molecule has 1 aliphatic heterocycles. The Kier molecular flexibility index (Phi) is 12.8. The monoisotopic (exact) mass is 736 g/mol. The number of thiophene rings is 1. The van der Waals surface area contributed by atoms with Crippen molar-refractivity contribution in [3.63, 3.8) is 0 Å². The summed E-state index contributed by atoms with van der Waals surface area (Å²) in [5.74, 6) is -2.70. The molecule has 4 N–H and O–H groups in total. The van der Waals surface area contributed by atoms with E-state index in [1.807, 2.05) is 55.4 Å². The maximum Gasteiger partial charge on any atom is 0.315 e. The van der Waals surface area contributed by atoms with Gasteiger partial charge in [-0.15, -0.1) is 17.9 Å². The van der Waals surface area contributed by atoms with Gasteiger partial charge < -0.3 is 26.2 Å². The van der Waals surface area contributed by atoms with E-state index in [-0.39, 0.29) is 46.4 Å². The second-order valence-corrected chi connectivity index (χ2v) is 19.5. The van der Waals surface area contributed by atoms with Gasteiger partial charge in [0.05, 0.1) is 6.04 Å². The van der Waals surface area contributed by atoms with Gasteiger partial charge in [-0.1, -0.05) is 74.5 Å². The first-order valence-corrected chi connectivity index (χ1v) is 19.4. The summed E-state index contributed by atoms with van der Waals surface area (Å²) >= 11 is 1.12.